The smallest absolute Gasteiger partial charge is 0.177 e. The lowest BCUT2D eigenvalue weighted by molar-refractivity contribution is 1.25. The molecule has 0 saturated heterocycles. The van der Waals surface area contributed by atoms with Crippen molar-refractivity contribution >= 4 is 28.3 Å². The highest BCUT2D eigenvalue weighted by Crippen LogP contribution is 2.17. The number of nitrogens with two attached hydrogens (primary N) is 2. The Kier molecular flexibility index (Phi) is 3.36. The van der Waals surface area contributed by atoms with Crippen molar-refractivity contribution in [2.24, 2.45) is 16.7 Å². The summed E-state index contributed by atoms with van der Waals surface area (Å²) in [4.78, 5) is 5.30. The number of aryl methyl sites for hydroxylation is 1. The third kappa shape index (κ3) is 2.71. The molecule has 1 aromatic rings. The van der Waals surface area contributed by atoms with Crippen molar-refractivity contribution in [3.8, 4) is 0 Å². The van der Waals surface area contributed by atoms with Crippen molar-refractivity contribution in [2.45, 2.75) is 12.7 Å². The monoisotopic (exact) mass is 202 g/mol. The van der Waals surface area contributed by atoms with Crippen LogP contribution in [0.2, 0.25) is 0 Å². The van der Waals surface area contributed by atoms with Crippen molar-refractivity contribution in [3.05, 3.63) is 16.1 Å². The Morgan fingerprint density at radius 1 is 1.83 bits per heavy atom. The summed E-state index contributed by atoms with van der Waals surface area (Å²) in [5, 5.41) is 4.82. The molecule has 0 fully saturated rings. The normalized spacial score (nSPS) is 11.9. The maximum absolute atomic E-state index is 5.40. The van der Waals surface area contributed by atoms with Gasteiger partial charge in [0.25, 0.3) is 0 Å². The lowest BCUT2D eigenvalue weighted by Crippen LogP contribution is -2.08. The molecule has 12 heavy (non-hydrogen) atoms. The van der Waals surface area contributed by atoms with Crippen LogP contribution in [-0.2, 0) is 5.75 Å². The number of rotatable bonds is 2. The molecule has 6 heteroatoms. The minimum atomic E-state index is 0.404. The zero-order chi connectivity index (χ0) is 8.97. The summed E-state index contributed by atoms with van der Waals surface area (Å²) in [6, 6.07) is 0. The van der Waals surface area contributed by atoms with Crippen molar-refractivity contribution < 1.29 is 0 Å². The van der Waals surface area contributed by atoms with E-state index in [9.17, 15) is 0 Å². The zero-order valence-corrected chi connectivity index (χ0v) is 8.28. The van der Waals surface area contributed by atoms with Gasteiger partial charge < -0.3 is 11.6 Å². The maximum Gasteiger partial charge on any atom is 0.177 e. The third-order valence-corrected chi connectivity index (χ3v) is 3.11. The Hall–Kier alpha value is -0.750. The molecule has 0 aromatic carbocycles. The highest BCUT2D eigenvalue weighted by atomic mass is 32.2. The van der Waals surface area contributed by atoms with E-state index < -0.39 is 0 Å². The zero-order valence-electron chi connectivity index (χ0n) is 6.65. The summed E-state index contributed by atoms with van der Waals surface area (Å²) in [5.74, 6) is 5.76. The first-order chi connectivity index (χ1) is 5.72. The molecule has 0 unspecified atom stereocenters. The molecule has 0 aliphatic rings. The van der Waals surface area contributed by atoms with Crippen LogP contribution in [0.4, 0.5) is 0 Å². The average Bonchev–Trinajstić information content (AvgIpc) is 2.47. The molecular formula is C6H10N4S2. The molecule has 0 amide bonds. The van der Waals surface area contributed by atoms with Gasteiger partial charge in [0.1, 0.15) is 0 Å². The quantitative estimate of drug-likeness (QED) is 0.323. The van der Waals surface area contributed by atoms with Gasteiger partial charge in [-0.3, -0.25) is 0 Å². The Morgan fingerprint density at radius 3 is 3.08 bits per heavy atom. The standard InChI is InChI=1S/C6H10N4S2/c1-4-9-2-5(12-4)3-11-6(7)10-8/h2H,3,8H2,1H3,(H2,7,10). The second kappa shape index (κ2) is 4.32. The van der Waals surface area contributed by atoms with Gasteiger partial charge in [-0.15, -0.1) is 11.3 Å². The van der Waals surface area contributed by atoms with Crippen molar-refractivity contribution in [3.63, 3.8) is 0 Å². The molecule has 0 radical (unpaired) electrons. The largest absolute Gasteiger partial charge is 0.377 e. The fourth-order valence-electron chi connectivity index (χ4n) is 0.654. The van der Waals surface area contributed by atoms with Gasteiger partial charge in [-0.05, 0) is 6.92 Å². The lowest BCUT2D eigenvalue weighted by Gasteiger charge is -1.94. The molecule has 0 aliphatic heterocycles. The highest BCUT2D eigenvalue weighted by Gasteiger charge is 1.99. The Balaban J connectivity index is 2.43. The first-order valence-corrected chi connectivity index (χ1v) is 5.10. The number of thiazole rings is 1. The van der Waals surface area contributed by atoms with Gasteiger partial charge in [0.15, 0.2) is 5.17 Å². The van der Waals surface area contributed by atoms with Crippen LogP contribution in [0.1, 0.15) is 9.88 Å². The van der Waals surface area contributed by atoms with Gasteiger partial charge in [-0.1, -0.05) is 11.8 Å². The van der Waals surface area contributed by atoms with E-state index in [0.717, 1.165) is 10.8 Å². The molecule has 4 nitrogen and oxygen atoms in total. The Morgan fingerprint density at radius 2 is 2.58 bits per heavy atom. The molecule has 0 spiro atoms. The number of hydrazone groups is 1. The molecule has 0 bridgehead atoms. The molecular weight excluding hydrogens is 192 g/mol. The second-order valence-electron chi connectivity index (χ2n) is 2.10. The number of thioether (sulfide) groups is 1. The molecule has 1 aromatic heterocycles. The first kappa shape index (κ1) is 9.34. The van der Waals surface area contributed by atoms with Crippen molar-refractivity contribution in [1.82, 2.24) is 4.98 Å². The number of amidine groups is 1. The van der Waals surface area contributed by atoms with Crippen molar-refractivity contribution in [2.75, 3.05) is 0 Å². The summed E-state index contributed by atoms with van der Waals surface area (Å²) >= 11 is 3.07. The summed E-state index contributed by atoms with van der Waals surface area (Å²) < 4.78 is 0. The number of hydrogen-bond acceptors (Lipinski definition) is 5. The molecule has 4 N–H and O–H groups in total. The predicted octanol–water partition coefficient (Wildman–Crippen LogP) is 0.873. The number of aromatic nitrogens is 1. The van der Waals surface area contributed by atoms with E-state index in [0.29, 0.717) is 5.17 Å². The van der Waals surface area contributed by atoms with Crippen LogP contribution < -0.4 is 11.6 Å². The van der Waals surface area contributed by atoms with Gasteiger partial charge in [0, 0.05) is 16.8 Å². The Bertz CT molecular complexity index is 281. The third-order valence-electron chi connectivity index (χ3n) is 1.16. The summed E-state index contributed by atoms with van der Waals surface area (Å²) in [6.07, 6.45) is 1.84. The highest BCUT2D eigenvalue weighted by molar-refractivity contribution is 8.13. The molecule has 66 valence electrons. The van der Waals surface area contributed by atoms with E-state index >= 15 is 0 Å². The number of hydrogen-bond donors (Lipinski definition) is 2. The predicted molar refractivity (Wildman–Crippen MR) is 54.0 cm³/mol. The molecule has 0 saturated carbocycles. The van der Waals surface area contributed by atoms with Crippen LogP contribution in [0, 0.1) is 6.92 Å². The number of nitrogens with zero attached hydrogens (tertiary/aromatic N) is 2. The van der Waals surface area contributed by atoms with Gasteiger partial charge in [0.2, 0.25) is 0 Å². The fraction of sp³-hybridized carbons (Fsp3) is 0.333. The van der Waals surface area contributed by atoms with E-state index in [2.05, 4.69) is 10.1 Å². The maximum atomic E-state index is 5.40. The van der Waals surface area contributed by atoms with E-state index in [1.807, 2.05) is 13.1 Å². The van der Waals surface area contributed by atoms with Gasteiger partial charge in [-0.2, -0.15) is 5.10 Å². The SMILES string of the molecule is Cc1ncc(CS/C(N)=N/N)s1. The molecule has 1 rings (SSSR count). The minimum absolute atomic E-state index is 0.404. The van der Waals surface area contributed by atoms with Gasteiger partial charge in [-0.25, -0.2) is 4.98 Å². The lowest BCUT2D eigenvalue weighted by atomic mass is 10.6. The summed E-state index contributed by atoms with van der Waals surface area (Å²) in [6.45, 7) is 1.97. The van der Waals surface area contributed by atoms with Crippen LogP contribution in [-0.4, -0.2) is 10.2 Å². The van der Waals surface area contributed by atoms with Gasteiger partial charge >= 0.3 is 0 Å². The van der Waals surface area contributed by atoms with Gasteiger partial charge in [0.05, 0.1) is 5.01 Å². The van der Waals surface area contributed by atoms with E-state index in [4.69, 9.17) is 11.6 Å². The van der Waals surface area contributed by atoms with Crippen LogP contribution in [0.25, 0.3) is 0 Å². The van der Waals surface area contributed by atoms with Crippen LogP contribution >= 0.6 is 23.1 Å². The second-order valence-corrected chi connectivity index (χ2v) is 4.42. The molecule has 0 aliphatic carbocycles. The molecule has 1 heterocycles. The van der Waals surface area contributed by atoms with E-state index in [-0.39, 0.29) is 0 Å². The topological polar surface area (TPSA) is 77.3 Å². The fourth-order valence-corrected chi connectivity index (χ4v) is 2.10. The van der Waals surface area contributed by atoms with E-state index in [1.165, 1.54) is 16.6 Å². The molecule has 0 atom stereocenters. The van der Waals surface area contributed by atoms with Crippen LogP contribution in [0.15, 0.2) is 11.3 Å². The van der Waals surface area contributed by atoms with Crippen molar-refractivity contribution in [1.29, 1.82) is 0 Å². The first-order valence-electron chi connectivity index (χ1n) is 3.30. The van der Waals surface area contributed by atoms with Crippen LogP contribution in [0.5, 0.6) is 0 Å². The van der Waals surface area contributed by atoms with Crippen LogP contribution in [0.3, 0.4) is 0 Å². The summed E-state index contributed by atoms with van der Waals surface area (Å²) in [7, 11) is 0. The average molecular weight is 202 g/mol. The minimum Gasteiger partial charge on any atom is -0.377 e. The Labute approximate surface area is 79.1 Å². The summed E-state index contributed by atoms with van der Waals surface area (Å²) in [5.41, 5.74) is 5.40. The van der Waals surface area contributed by atoms with E-state index in [1.54, 1.807) is 11.3 Å².